The number of carbonyl (C=O) groups is 1. The van der Waals surface area contributed by atoms with Crippen molar-refractivity contribution in [2.75, 3.05) is 6.54 Å². The van der Waals surface area contributed by atoms with Gasteiger partial charge in [0.05, 0.1) is 0 Å². The van der Waals surface area contributed by atoms with E-state index in [1.54, 1.807) is 0 Å². The van der Waals surface area contributed by atoms with Crippen LogP contribution < -0.4 is 10.6 Å². The summed E-state index contributed by atoms with van der Waals surface area (Å²) in [5.41, 5.74) is 0. The lowest BCUT2D eigenvalue weighted by Gasteiger charge is -2.06. The molecule has 2 fully saturated rings. The Hall–Kier alpha value is 0.01000. The van der Waals surface area contributed by atoms with Gasteiger partial charge < -0.3 is 10.6 Å². The van der Waals surface area contributed by atoms with Crippen LogP contribution in [0.1, 0.15) is 19.3 Å². The van der Waals surface area contributed by atoms with Crippen LogP contribution in [0.4, 0.5) is 0 Å². The quantitative estimate of drug-likeness (QED) is 0.614. The van der Waals surface area contributed by atoms with Gasteiger partial charge in [0, 0.05) is 25.0 Å². The van der Waals surface area contributed by atoms with Gasteiger partial charge in [-0.2, -0.15) is 0 Å². The van der Waals surface area contributed by atoms with Gasteiger partial charge in [-0.15, -0.1) is 24.8 Å². The van der Waals surface area contributed by atoms with Crippen molar-refractivity contribution in [2.24, 2.45) is 0 Å². The van der Waals surface area contributed by atoms with Gasteiger partial charge in [0.1, 0.15) is 0 Å². The Bertz CT molecular complexity index is 165. The summed E-state index contributed by atoms with van der Waals surface area (Å²) in [5.74, 6) is 0.208. The fourth-order valence-electron chi connectivity index (χ4n) is 1.76. The second-order valence-electron chi connectivity index (χ2n) is 3.15. The zero-order valence-electron chi connectivity index (χ0n) is 6.71. The van der Waals surface area contributed by atoms with Crippen LogP contribution in [0.25, 0.3) is 0 Å². The van der Waals surface area contributed by atoms with Crippen molar-refractivity contribution in [3.8, 4) is 0 Å². The lowest BCUT2D eigenvalue weighted by Crippen LogP contribution is -2.33. The van der Waals surface area contributed by atoms with E-state index in [0.29, 0.717) is 18.5 Å². The van der Waals surface area contributed by atoms with E-state index < -0.39 is 0 Å². The van der Waals surface area contributed by atoms with Crippen LogP contribution in [0.5, 0.6) is 0 Å². The first-order valence-corrected chi connectivity index (χ1v) is 3.87. The zero-order chi connectivity index (χ0) is 6.97. The lowest BCUT2D eigenvalue weighted by atomic mass is 10.1. The Morgan fingerprint density at radius 3 is 2.58 bits per heavy atom. The van der Waals surface area contributed by atoms with Gasteiger partial charge in [0.25, 0.3) is 0 Å². The van der Waals surface area contributed by atoms with Crippen molar-refractivity contribution in [3.05, 3.63) is 0 Å². The number of hydrogen-bond donors (Lipinski definition) is 2. The summed E-state index contributed by atoms with van der Waals surface area (Å²) in [6.45, 7) is 0.829. The molecular weight excluding hydrogens is 199 g/mol. The van der Waals surface area contributed by atoms with E-state index in [2.05, 4.69) is 10.6 Å². The molecule has 2 saturated heterocycles. The van der Waals surface area contributed by atoms with E-state index in [0.717, 1.165) is 6.54 Å². The molecule has 2 aliphatic rings. The maximum atomic E-state index is 10.9. The van der Waals surface area contributed by atoms with Crippen molar-refractivity contribution in [1.82, 2.24) is 10.6 Å². The molecule has 0 aromatic heterocycles. The molecule has 0 aromatic carbocycles. The predicted octanol–water partition coefficient (Wildman–Crippen LogP) is 0.470. The average Bonchev–Trinajstić information content (AvgIpc) is 2.22. The summed E-state index contributed by atoms with van der Waals surface area (Å²) < 4.78 is 0. The summed E-state index contributed by atoms with van der Waals surface area (Å²) >= 11 is 0. The molecule has 2 rings (SSSR count). The summed E-state index contributed by atoms with van der Waals surface area (Å²) in [5, 5.41) is 6.27. The maximum Gasteiger partial charge on any atom is 0.221 e. The summed E-state index contributed by atoms with van der Waals surface area (Å²) in [7, 11) is 0. The van der Waals surface area contributed by atoms with Gasteiger partial charge in [0.15, 0.2) is 0 Å². The molecule has 2 heterocycles. The lowest BCUT2D eigenvalue weighted by molar-refractivity contribution is -0.121. The number of carbonyl (C=O) groups excluding carboxylic acids is 1. The van der Waals surface area contributed by atoms with Gasteiger partial charge in [-0.05, 0) is 12.8 Å². The van der Waals surface area contributed by atoms with Gasteiger partial charge in [-0.1, -0.05) is 0 Å². The number of halogens is 2. The molecule has 5 heteroatoms. The predicted molar refractivity (Wildman–Crippen MR) is 52.1 cm³/mol. The normalized spacial score (nSPS) is 32.5. The Morgan fingerprint density at radius 2 is 1.83 bits per heavy atom. The molecule has 12 heavy (non-hydrogen) atoms. The zero-order valence-corrected chi connectivity index (χ0v) is 8.34. The van der Waals surface area contributed by atoms with Crippen LogP contribution in [0.15, 0.2) is 0 Å². The van der Waals surface area contributed by atoms with Crippen LogP contribution in [-0.4, -0.2) is 24.5 Å². The van der Waals surface area contributed by atoms with E-state index in [1.807, 2.05) is 0 Å². The SMILES string of the molecule is Cl.Cl.O=C1CC2CCC(CN1)N2. The van der Waals surface area contributed by atoms with Gasteiger partial charge in [-0.25, -0.2) is 0 Å². The first-order chi connectivity index (χ1) is 4.84. The third kappa shape index (κ3) is 2.51. The van der Waals surface area contributed by atoms with Crippen LogP contribution in [0, 0.1) is 0 Å². The maximum absolute atomic E-state index is 10.9. The van der Waals surface area contributed by atoms with Crippen molar-refractivity contribution in [1.29, 1.82) is 0 Å². The van der Waals surface area contributed by atoms with Gasteiger partial charge in [-0.3, -0.25) is 4.79 Å². The van der Waals surface area contributed by atoms with Crippen molar-refractivity contribution >= 4 is 30.7 Å². The highest BCUT2D eigenvalue weighted by Gasteiger charge is 2.28. The van der Waals surface area contributed by atoms with E-state index in [-0.39, 0.29) is 30.7 Å². The minimum atomic E-state index is 0. The second-order valence-corrected chi connectivity index (χ2v) is 3.15. The molecule has 2 aliphatic heterocycles. The standard InChI is InChI=1S/C7H12N2O.2ClH/c10-7-3-5-1-2-6(9-5)4-8-7;;/h5-6,9H,1-4H2,(H,8,10);2*1H. The highest BCUT2D eigenvalue weighted by atomic mass is 35.5. The fourth-order valence-corrected chi connectivity index (χ4v) is 1.76. The first kappa shape index (κ1) is 12.0. The topological polar surface area (TPSA) is 41.1 Å². The molecule has 2 atom stereocenters. The highest BCUT2D eigenvalue weighted by Crippen LogP contribution is 2.16. The molecule has 3 nitrogen and oxygen atoms in total. The first-order valence-electron chi connectivity index (χ1n) is 3.87. The Labute approximate surface area is 84.5 Å². The Kier molecular flexibility index (Phi) is 4.90. The van der Waals surface area contributed by atoms with E-state index in [4.69, 9.17) is 0 Å². The summed E-state index contributed by atoms with van der Waals surface area (Å²) in [6.07, 6.45) is 3.08. The fraction of sp³-hybridized carbons (Fsp3) is 0.857. The Morgan fingerprint density at radius 1 is 1.17 bits per heavy atom. The molecule has 2 bridgehead atoms. The van der Waals surface area contributed by atoms with E-state index >= 15 is 0 Å². The number of fused-ring (bicyclic) bond motifs is 2. The molecular formula is C7H14Cl2N2O. The van der Waals surface area contributed by atoms with Crippen LogP contribution >= 0.6 is 24.8 Å². The molecule has 0 aromatic rings. The van der Waals surface area contributed by atoms with Crippen molar-refractivity contribution < 1.29 is 4.79 Å². The number of amides is 1. The minimum Gasteiger partial charge on any atom is -0.354 e. The third-order valence-electron chi connectivity index (χ3n) is 2.31. The van der Waals surface area contributed by atoms with E-state index in [1.165, 1.54) is 12.8 Å². The minimum absolute atomic E-state index is 0. The highest BCUT2D eigenvalue weighted by molar-refractivity contribution is 5.85. The average molecular weight is 213 g/mol. The Balaban J connectivity index is 0.000000605. The molecule has 1 amide bonds. The molecule has 2 N–H and O–H groups in total. The van der Waals surface area contributed by atoms with Gasteiger partial charge >= 0.3 is 0 Å². The van der Waals surface area contributed by atoms with Crippen LogP contribution in [0.2, 0.25) is 0 Å². The third-order valence-corrected chi connectivity index (χ3v) is 2.31. The van der Waals surface area contributed by atoms with Crippen LogP contribution in [0.3, 0.4) is 0 Å². The monoisotopic (exact) mass is 212 g/mol. The molecule has 0 spiro atoms. The second kappa shape index (κ2) is 4.90. The van der Waals surface area contributed by atoms with Crippen molar-refractivity contribution in [3.63, 3.8) is 0 Å². The molecule has 0 saturated carbocycles. The smallest absolute Gasteiger partial charge is 0.221 e. The molecule has 0 aliphatic carbocycles. The van der Waals surface area contributed by atoms with Crippen molar-refractivity contribution in [2.45, 2.75) is 31.3 Å². The largest absolute Gasteiger partial charge is 0.354 e. The summed E-state index contributed by atoms with van der Waals surface area (Å²) in [4.78, 5) is 10.9. The summed E-state index contributed by atoms with van der Waals surface area (Å²) in [6, 6.07) is 1.02. The van der Waals surface area contributed by atoms with E-state index in [9.17, 15) is 4.79 Å². The number of hydrogen-bond acceptors (Lipinski definition) is 2. The number of rotatable bonds is 0. The van der Waals surface area contributed by atoms with Crippen LogP contribution in [-0.2, 0) is 4.79 Å². The molecule has 72 valence electrons. The van der Waals surface area contributed by atoms with Gasteiger partial charge in [0.2, 0.25) is 5.91 Å². The molecule has 0 radical (unpaired) electrons. The number of nitrogens with one attached hydrogen (secondary N) is 2. The molecule has 2 unspecified atom stereocenters.